The van der Waals surface area contributed by atoms with E-state index < -0.39 is 11.9 Å². The van der Waals surface area contributed by atoms with Crippen molar-refractivity contribution in [2.45, 2.75) is 6.92 Å². The fraction of sp³-hybridized carbons (Fsp3) is 0.385. The zero-order valence-electron chi connectivity index (χ0n) is 11.2. The third-order valence-electron chi connectivity index (χ3n) is 1.49. The lowest BCUT2D eigenvalue weighted by Crippen LogP contribution is -2.03. The zero-order valence-corrected chi connectivity index (χ0v) is 11.2. The number of carbonyl (C=O) groups is 2. The molecule has 7 heteroatoms. The standard InChI is InChI=1S/C7H6O2.C4H10O3.C2H4O2/c8-7(9)6-4-2-1-3-5-6;5-1-3-7-4-2-6;1-2(3)4/h1-5H,(H,8,9);5-6H,1-4H2;1H3,(H,3,4). The number of carboxylic acids is 2. The Morgan fingerprint density at radius 3 is 1.65 bits per heavy atom. The molecule has 0 saturated carbocycles. The number of hydrogen-bond acceptors (Lipinski definition) is 5. The van der Waals surface area contributed by atoms with Crippen LogP contribution in [0.15, 0.2) is 30.3 Å². The van der Waals surface area contributed by atoms with Gasteiger partial charge >= 0.3 is 5.97 Å². The van der Waals surface area contributed by atoms with Crippen LogP contribution in [-0.4, -0.2) is 58.8 Å². The topological polar surface area (TPSA) is 124 Å². The number of ether oxygens (including phenoxy) is 1. The number of carboxylic acid groups (broad SMARTS) is 2. The summed E-state index contributed by atoms with van der Waals surface area (Å²) in [5.74, 6) is -1.71. The summed E-state index contributed by atoms with van der Waals surface area (Å²) in [4.78, 5) is 19.2. The molecule has 1 aromatic rings. The third-order valence-corrected chi connectivity index (χ3v) is 1.49. The van der Waals surface area contributed by atoms with Crippen molar-refractivity contribution in [3.05, 3.63) is 35.9 Å². The number of hydrogen-bond donors (Lipinski definition) is 4. The van der Waals surface area contributed by atoms with Crippen molar-refractivity contribution in [2.24, 2.45) is 0 Å². The molecular weight excluding hydrogens is 268 g/mol. The first-order valence-electron chi connectivity index (χ1n) is 5.73. The largest absolute Gasteiger partial charge is 0.481 e. The maximum Gasteiger partial charge on any atom is 0.335 e. The molecule has 20 heavy (non-hydrogen) atoms. The Bertz CT molecular complexity index is 343. The molecule has 0 aliphatic heterocycles. The molecule has 0 atom stereocenters. The van der Waals surface area contributed by atoms with E-state index >= 15 is 0 Å². The smallest absolute Gasteiger partial charge is 0.335 e. The van der Waals surface area contributed by atoms with Gasteiger partial charge in [-0.3, -0.25) is 4.79 Å². The summed E-state index contributed by atoms with van der Waals surface area (Å²) in [6.07, 6.45) is 0. The molecule has 0 aromatic heterocycles. The molecule has 0 bridgehead atoms. The van der Waals surface area contributed by atoms with Gasteiger partial charge in [0, 0.05) is 6.92 Å². The molecule has 0 saturated heterocycles. The highest BCUT2D eigenvalue weighted by molar-refractivity contribution is 5.87. The third kappa shape index (κ3) is 18.4. The Labute approximate surface area is 117 Å². The molecule has 0 fully saturated rings. The van der Waals surface area contributed by atoms with Crippen LogP contribution in [0.3, 0.4) is 0 Å². The summed E-state index contributed by atoms with van der Waals surface area (Å²) in [7, 11) is 0. The van der Waals surface area contributed by atoms with Crippen molar-refractivity contribution in [3.8, 4) is 0 Å². The molecule has 0 aliphatic rings. The predicted octanol–water partition coefficient (Wildman–Crippen LogP) is 0.463. The van der Waals surface area contributed by atoms with Gasteiger partial charge in [-0.25, -0.2) is 4.79 Å². The van der Waals surface area contributed by atoms with E-state index in [0.717, 1.165) is 6.92 Å². The summed E-state index contributed by atoms with van der Waals surface area (Å²) in [5, 5.41) is 32.0. The lowest BCUT2D eigenvalue weighted by atomic mass is 10.2. The van der Waals surface area contributed by atoms with E-state index in [1.165, 1.54) is 0 Å². The minimum absolute atomic E-state index is 0.0278. The number of rotatable bonds is 5. The zero-order chi connectivity index (χ0) is 15.8. The van der Waals surface area contributed by atoms with Gasteiger partial charge in [0.1, 0.15) is 0 Å². The van der Waals surface area contributed by atoms with E-state index in [2.05, 4.69) is 4.74 Å². The quantitative estimate of drug-likeness (QED) is 0.580. The fourth-order valence-electron chi connectivity index (χ4n) is 0.812. The van der Waals surface area contributed by atoms with E-state index in [4.69, 9.17) is 25.2 Å². The van der Waals surface area contributed by atoms with E-state index in [1.54, 1.807) is 30.3 Å². The van der Waals surface area contributed by atoms with E-state index in [-0.39, 0.29) is 13.2 Å². The lowest BCUT2D eigenvalue weighted by Gasteiger charge is -1.94. The van der Waals surface area contributed by atoms with Crippen LogP contribution in [0.4, 0.5) is 0 Å². The first-order valence-corrected chi connectivity index (χ1v) is 5.73. The maximum absolute atomic E-state index is 10.2. The van der Waals surface area contributed by atoms with Crippen molar-refractivity contribution < 1.29 is 34.8 Å². The fourth-order valence-corrected chi connectivity index (χ4v) is 0.812. The molecule has 1 rings (SSSR count). The predicted molar refractivity (Wildman–Crippen MR) is 71.7 cm³/mol. The van der Waals surface area contributed by atoms with Crippen LogP contribution in [0, 0.1) is 0 Å². The molecule has 1 aromatic carbocycles. The van der Waals surface area contributed by atoms with E-state index in [9.17, 15) is 4.79 Å². The molecule has 0 spiro atoms. The summed E-state index contributed by atoms with van der Waals surface area (Å²) in [6.45, 7) is 1.78. The van der Waals surface area contributed by atoms with Crippen molar-refractivity contribution in [2.75, 3.05) is 26.4 Å². The van der Waals surface area contributed by atoms with Gasteiger partial charge in [0.25, 0.3) is 5.97 Å². The first kappa shape index (κ1) is 20.4. The Balaban J connectivity index is 0. The highest BCUT2D eigenvalue weighted by Gasteiger charge is 1.96. The van der Waals surface area contributed by atoms with Crippen LogP contribution in [0.25, 0.3) is 0 Å². The Kier molecular flexibility index (Phi) is 15.4. The monoisotopic (exact) mass is 288 g/mol. The second kappa shape index (κ2) is 15.1. The van der Waals surface area contributed by atoms with Crippen LogP contribution in [0.2, 0.25) is 0 Å². The second-order valence-corrected chi connectivity index (χ2v) is 3.25. The van der Waals surface area contributed by atoms with Gasteiger partial charge in [0.15, 0.2) is 0 Å². The number of aliphatic hydroxyl groups excluding tert-OH is 2. The van der Waals surface area contributed by atoms with Gasteiger partial charge in [0.05, 0.1) is 32.0 Å². The number of aliphatic hydroxyl groups is 2. The summed E-state index contributed by atoms with van der Waals surface area (Å²) < 4.78 is 4.63. The average Bonchev–Trinajstić information content (AvgIpc) is 2.40. The highest BCUT2D eigenvalue weighted by Crippen LogP contribution is 1.96. The van der Waals surface area contributed by atoms with Crippen LogP contribution in [-0.2, 0) is 9.53 Å². The van der Waals surface area contributed by atoms with E-state index in [1.807, 2.05) is 0 Å². The molecule has 0 amide bonds. The Morgan fingerprint density at radius 2 is 1.40 bits per heavy atom. The molecule has 114 valence electrons. The molecule has 0 heterocycles. The van der Waals surface area contributed by atoms with Crippen molar-refractivity contribution in [3.63, 3.8) is 0 Å². The average molecular weight is 288 g/mol. The summed E-state index contributed by atoms with van der Waals surface area (Å²) in [6, 6.07) is 8.30. The Morgan fingerprint density at radius 1 is 1.00 bits per heavy atom. The maximum atomic E-state index is 10.2. The summed E-state index contributed by atoms with van der Waals surface area (Å²) >= 11 is 0. The van der Waals surface area contributed by atoms with Crippen LogP contribution in [0.1, 0.15) is 17.3 Å². The lowest BCUT2D eigenvalue weighted by molar-refractivity contribution is -0.134. The van der Waals surface area contributed by atoms with Gasteiger partial charge in [-0.2, -0.15) is 0 Å². The minimum Gasteiger partial charge on any atom is -0.481 e. The SMILES string of the molecule is CC(=O)O.O=C(O)c1ccccc1.OCCOCCO. The van der Waals surface area contributed by atoms with Gasteiger partial charge in [-0.15, -0.1) is 0 Å². The first-order chi connectivity index (χ1) is 9.45. The molecule has 0 unspecified atom stereocenters. The van der Waals surface area contributed by atoms with Gasteiger partial charge < -0.3 is 25.2 Å². The van der Waals surface area contributed by atoms with Crippen molar-refractivity contribution >= 4 is 11.9 Å². The molecular formula is C13H20O7. The van der Waals surface area contributed by atoms with Gasteiger partial charge in [-0.05, 0) is 12.1 Å². The second-order valence-electron chi connectivity index (χ2n) is 3.25. The highest BCUT2D eigenvalue weighted by atomic mass is 16.5. The number of aromatic carboxylic acids is 1. The Hall–Kier alpha value is -1.96. The summed E-state index contributed by atoms with van der Waals surface area (Å²) in [5.41, 5.74) is 0.331. The molecule has 4 N–H and O–H groups in total. The normalized spacial score (nSPS) is 8.55. The number of aliphatic carboxylic acids is 1. The molecule has 0 radical (unpaired) electrons. The van der Waals surface area contributed by atoms with Gasteiger partial charge in [0.2, 0.25) is 0 Å². The van der Waals surface area contributed by atoms with Crippen molar-refractivity contribution in [1.82, 2.24) is 0 Å². The van der Waals surface area contributed by atoms with Gasteiger partial charge in [-0.1, -0.05) is 18.2 Å². The minimum atomic E-state index is -0.879. The van der Waals surface area contributed by atoms with Crippen LogP contribution in [0.5, 0.6) is 0 Å². The van der Waals surface area contributed by atoms with Crippen LogP contribution >= 0.6 is 0 Å². The molecule has 7 nitrogen and oxygen atoms in total. The van der Waals surface area contributed by atoms with E-state index in [0.29, 0.717) is 18.8 Å². The van der Waals surface area contributed by atoms with Crippen molar-refractivity contribution in [1.29, 1.82) is 0 Å². The molecule has 0 aliphatic carbocycles. The number of benzene rings is 1. The van der Waals surface area contributed by atoms with Crippen LogP contribution < -0.4 is 0 Å².